The average Bonchev–Trinajstić information content (AvgIpc) is 2.49. The Balaban J connectivity index is 2.48. The van der Waals surface area contributed by atoms with E-state index in [0.717, 1.165) is 5.56 Å². The van der Waals surface area contributed by atoms with Crippen molar-refractivity contribution in [1.29, 1.82) is 5.41 Å². The lowest BCUT2D eigenvalue weighted by molar-refractivity contribution is 0.0523. The second-order valence-corrected chi connectivity index (χ2v) is 7.04. The highest BCUT2D eigenvalue weighted by Crippen LogP contribution is 2.08. The summed E-state index contributed by atoms with van der Waals surface area (Å²) in [5.74, 6) is 0.192. The molecule has 1 aromatic carbocycles. The lowest BCUT2D eigenvalue weighted by atomic mass is 10.1. The lowest BCUT2D eigenvalue weighted by Crippen LogP contribution is -2.32. The molecule has 0 saturated carbocycles. The van der Waals surface area contributed by atoms with Gasteiger partial charge in [-0.15, -0.1) is 0 Å². The third-order valence-electron chi connectivity index (χ3n) is 2.85. The van der Waals surface area contributed by atoms with E-state index >= 15 is 0 Å². The molecule has 0 aliphatic carbocycles. The molecule has 0 spiro atoms. The fraction of sp³-hybridized carbons (Fsp3) is 0.500. The van der Waals surface area contributed by atoms with Gasteiger partial charge in [0.2, 0.25) is 0 Å². The molecule has 0 heterocycles. The van der Waals surface area contributed by atoms with Gasteiger partial charge in [-0.1, -0.05) is 38.1 Å². The van der Waals surface area contributed by atoms with Crippen molar-refractivity contribution in [2.45, 2.75) is 46.8 Å². The predicted octanol–water partition coefficient (Wildman–Crippen LogP) is 3.42. The number of hydrogen-bond donors (Lipinski definition) is 3. The van der Waals surface area contributed by atoms with Gasteiger partial charge in [-0.05, 0) is 32.3 Å². The quantitative estimate of drug-likeness (QED) is 0.560. The summed E-state index contributed by atoms with van der Waals surface area (Å²) >= 11 is 0. The number of rotatable bonds is 5. The van der Waals surface area contributed by atoms with Crippen LogP contribution >= 0.6 is 0 Å². The molecule has 7 nitrogen and oxygen atoms in total. The van der Waals surface area contributed by atoms with Crippen molar-refractivity contribution in [3.8, 4) is 0 Å². The maximum absolute atomic E-state index is 11.6. The van der Waals surface area contributed by atoms with Gasteiger partial charge < -0.3 is 14.8 Å². The Morgan fingerprint density at radius 2 is 1.72 bits per heavy atom. The van der Waals surface area contributed by atoms with Crippen LogP contribution in [0.5, 0.6) is 0 Å². The van der Waals surface area contributed by atoms with E-state index in [9.17, 15) is 9.59 Å². The van der Waals surface area contributed by atoms with Crippen LogP contribution in [0.4, 0.5) is 9.59 Å². The summed E-state index contributed by atoms with van der Waals surface area (Å²) < 4.78 is 10.1. The van der Waals surface area contributed by atoms with Crippen molar-refractivity contribution in [1.82, 2.24) is 10.6 Å². The highest BCUT2D eigenvalue weighted by molar-refractivity contribution is 6.04. The van der Waals surface area contributed by atoms with Gasteiger partial charge in [-0.25, -0.2) is 9.59 Å². The maximum Gasteiger partial charge on any atom is 0.412 e. The SMILES string of the molecule is CC(C)COC(=O)NC(=N)c1ccc(CNC(=O)OC(C)(C)C)cc1. The molecule has 0 unspecified atom stereocenters. The standard InChI is InChI=1S/C18H27N3O4/c1-12(2)11-24-17(23)21-15(19)14-8-6-13(7-9-14)10-20-16(22)25-18(3,4)5/h6-9,12H,10-11H2,1-5H3,(H,20,22)(H2,19,21,23). The van der Waals surface area contributed by atoms with Crippen LogP contribution in [0.1, 0.15) is 45.7 Å². The molecule has 25 heavy (non-hydrogen) atoms. The summed E-state index contributed by atoms with van der Waals surface area (Å²) in [5, 5.41) is 12.9. The topological polar surface area (TPSA) is 101 Å². The monoisotopic (exact) mass is 349 g/mol. The number of ether oxygens (including phenoxy) is 2. The summed E-state index contributed by atoms with van der Waals surface area (Å²) in [6.07, 6.45) is -1.13. The van der Waals surface area contributed by atoms with E-state index < -0.39 is 17.8 Å². The van der Waals surface area contributed by atoms with Crippen LogP contribution in [0.25, 0.3) is 0 Å². The molecule has 2 amide bonds. The molecule has 1 rings (SSSR count). The zero-order valence-corrected chi connectivity index (χ0v) is 15.4. The zero-order valence-electron chi connectivity index (χ0n) is 15.4. The van der Waals surface area contributed by atoms with Crippen LogP contribution < -0.4 is 10.6 Å². The Kier molecular flexibility index (Phi) is 7.42. The van der Waals surface area contributed by atoms with Gasteiger partial charge in [0.25, 0.3) is 0 Å². The first-order valence-electron chi connectivity index (χ1n) is 8.15. The van der Waals surface area contributed by atoms with Crippen LogP contribution in [0.15, 0.2) is 24.3 Å². The van der Waals surface area contributed by atoms with Crippen molar-refractivity contribution in [3.63, 3.8) is 0 Å². The Bertz CT molecular complexity index is 604. The first-order chi connectivity index (χ1) is 11.6. The number of alkyl carbamates (subject to hydrolysis) is 2. The number of amidine groups is 1. The van der Waals surface area contributed by atoms with Gasteiger partial charge in [0, 0.05) is 12.1 Å². The minimum Gasteiger partial charge on any atom is -0.449 e. The van der Waals surface area contributed by atoms with Crippen molar-refractivity contribution in [2.24, 2.45) is 5.92 Å². The summed E-state index contributed by atoms with van der Waals surface area (Å²) in [6, 6.07) is 6.92. The average molecular weight is 349 g/mol. The molecular weight excluding hydrogens is 322 g/mol. The second kappa shape index (κ2) is 9.05. The van der Waals surface area contributed by atoms with E-state index in [1.807, 2.05) is 13.8 Å². The number of carbonyl (C=O) groups is 2. The van der Waals surface area contributed by atoms with Gasteiger partial charge in [0.1, 0.15) is 11.4 Å². The van der Waals surface area contributed by atoms with Crippen LogP contribution in [0.3, 0.4) is 0 Å². The van der Waals surface area contributed by atoms with Crippen LogP contribution in [0, 0.1) is 11.3 Å². The first-order valence-corrected chi connectivity index (χ1v) is 8.15. The van der Waals surface area contributed by atoms with Gasteiger partial charge in [0.15, 0.2) is 0 Å². The fourth-order valence-corrected chi connectivity index (χ4v) is 1.73. The van der Waals surface area contributed by atoms with E-state index in [0.29, 0.717) is 18.7 Å². The number of amides is 2. The lowest BCUT2D eigenvalue weighted by Gasteiger charge is -2.19. The minimum absolute atomic E-state index is 0.0413. The molecule has 0 saturated heterocycles. The van der Waals surface area contributed by atoms with E-state index in [1.165, 1.54) is 0 Å². The zero-order chi connectivity index (χ0) is 19.0. The van der Waals surface area contributed by atoms with Crippen LogP contribution in [-0.2, 0) is 16.0 Å². The Morgan fingerprint density at radius 1 is 1.12 bits per heavy atom. The molecule has 0 aliphatic rings. The summed E-state index contributed by atoms with van der Waals surface area (Å²) in [5.41, 5.74) is 0.853. The molecule has 0 fully saturated rings. The highest BCUT2D eigenvalue weighted by atomic mass is 16.6. The molecule has 3 N–H and O–H groups in total. The third kappa shape index (κ3) is 8.74. The fourth-order valence-electron chi connectivity index (χ4n) is 1.73. The van der Waals surface area contributed by atoms with Crippen molar-refractivity contribution >= 4 is 18.0 Å². The second-order valence-electron chi connectivity index (χ2n) is 7.04. The third-order valence-corrected chi connectivity index (χ3v) is 2.85. The summed E-state index contributed by atoms with van der Waals surface area (Å²) in [4.78, 5) is 23.2. The Hall–Kier alpha value is -2.57. The van der Waals surface area contributed by atoms with Gasteiger partial charge in [-0.3, -0.25) is 10.7 Å². The van der Waals surface area contributed by atoms with Crippen LogP contribution in [0.2, 0.25) is 0 Å². The molecule has 7 heteroatoms. The van der Waals surface area contributed by atoms with Gasteiger partial charge in [0.05, 0.1) is 6.61 Å². The smallest absolute Gasteiger partial charge is 0.412 e. The molecule has 1 aromatic rings. The predicted molar refractivity (Wildman–Crippen MR) is 95.7 cm³/mol. The molecule has 0 aromatic heterocycles. The molecule has 0 aliphatic heterocycles. The Labute approximate surface area is 148 Å². The van der Waals surface area contributed by atoms with Gasteiger partial charge >= 0.3 is 12.2 Å². The molecule has 0 radical (unpaired) electrons. The van der Waals surface area contributed by atoms with Gasteiger partial charge in [-0.2, -0.15) is 0 Å². The number of carbonyl (C=O) groups excluding carboxylic acids is 2. The van der Waals surface area contributed by atoms with Crippen molar-refractivity contribution in [3.05, 3.63) is 35.4 Å². The van der Waals surface area contributed by atoms with Crippen molar-refractivity contribution < 1.29 is 19.1 Å². The molecular formula is C18H27N3O4. The van der Waals surface area contributed by atoms with E-state index in [2.05, 4.69) is 10.6 Å². The van der Waals surface area contributed by atoms with E-state index in [-0.39, 0.29) is 11.8 Å². The number of nitrogens with one attached hydrogen (secondary N) is 3. The summed E-state index contributed by atoms with van der Waals surface area (Å²) in [6.45, 7) is 9.87. The normalized spacial score (nSPS) is 11.0. The highest BCUT2D eigenvalue weighted by Gasteiger charge is 2.15. The number of benzene rings is 1. The summed E-state index contributed by atoms with van der Waals surface area (Å²) in [7, 11) is 0. The maximum atomic E-state index is 11.6. The first kappa shape index (κ1) is 20.5. The van der Waals surface area contributed by atoms with Crippen molar-refractivity contribution in [2.75, 3.05) is 6.61 Å². The molecule has 0 atom stereocenters. The molecule has 138 valence electrons. The Morgan fingerprint density at radius 3 is 2.24 bits per heavy atom. The molecule has 0 bridgehead atoms. The largest absolute Gasteiger partial charge is 0.449 e. The van der Waals surface area contributed by atoms with E-state index in [1.54, 1.807) is 45.0 Å². The number of hydrogen-bond acceptors (Lipinski definition) is 5. The minimum atomic E-state index is -0.644. The van der Waals surface area contributed by atoms with Crippen LogP contribution in [-0.4, -0.2) is 30.2 Å². The van der Waals surface area contributed by atoms with E-state index in [4.69, 9.17) is 14.9 Å².